The maximum atomic E-state index is 5.62. The van der Waals surface area contributed by atoms with Crippen molar-refractivity contribution < 1.29 is 9.26 Å². The molecule has 2 aromatic heterocycles. The molecule has 6 heteroatoms. The van der Waals surface area contributed by atoms with E-state index in [2.05, 4.69) is 33.9 Å². The van der Waals surface area contributed by atoms with Crippen molar-refractivity contribution in [2.75, 3.05) is 13.2 Å². The van der Waals surface area contributed by atoms with Crippen LogP contribution < -0.4 is 0 Å². The van der Waals surface area contributed by atoms with Gasteiger partial charge in [0.05, 0.1) is 19.3 Å². The summed E-state index contributed by atoms with van der Waals surface area (Å²) in [6.45, 7) is 6.50. The van der Waals surface area contributed by atoms with Crippen LogP contribution in [0.1, 0.15) is 19.7 Å². The molecular formula is C14H18N4O2. The van der Waals surface area contributed by atoms with Crippen LogP contribution in [0.5, 0.6) is 0 Å². The fourth-order valence-corrected chi connectivity index (χ4v) is 2.30. The first-order chi connectivity index (χ1) is 9.72. The van der Waals surface area contributed by atoms with Gasteiger partial charge in [-0.1, -0.05) is 5.16 Å². The van der Waals surface area contributed by atoms with E-state index in [9.17, 15) is 0 Å². The Morgan fingerprint density at radius 3 is 3.10 bits per heavy atom. The number of nitrogens with zero attached hydrogens (tertiary/aromatic N) is 4. The molecule has 20 heavy (non-hydrogen) atoms. The van der Waals surface area contributed by atoms with Gasteiger partial charge in [-0.05, 0) is 26.0 Å². The molecule has 0 radical (unpaired) electrons. The van der Waals surface area contributed by atoms with E-state index >= 15 is 0 Å². The van der Waals surface area contributed by atoms with Gasteiger partial charge in [-0.2, -0.15) is 4.98 Å². The fourth-order valence-electron chi connectivity index (χ4n) is 2.30. The number of hydrogen-bond acceptors (Lipinski definition) is 6. The number of ether oxygens (including phenoxy) is 1. The average Bonchev–Trinajstić information content (AvgIpc) is 2.92. The molecule has 2 unspecified atom stereocenters. The Morgan fingerprint density at radius 2 is 2.30 bits per heavy atom. The molecule has 0 N–H and O–H groups in total. The van der Waals surface area contributed by atoms with E-state index in [1.54, 1.807) is 12.4 Å². The lowest BCUT2D eigenvalue weighted by molar-refractivity contribution is -0.0555. The second-order valence-corrected chi connectivity index (χ2v) is 5.18. The molecule has 106 valence electrons. The average molecular weight is 274 g/mol. The molecule has 1 fully saturated rings. The van der Waals surface area contributed by atoms with Gasteiger partial charge in [0.15, 0.2) is 0 Å². The quantitative estimate of drug-likeness (QED) is 0.849. The lowest BCUT2D eigenvalue weighted by Gasteiger charge is -2.35. The molecule has 3 rings (SSSR count). The molecule has 0 saturated carbocycles. The zero-order chi connectivity index (χ0) is 13.9. The monoisotopic (exact) mass is 274 g/mol. The van der Waals surface area contributed by atoms with Crippen molar-refractivity contribution in [1.82, 2.24) is 20.0 Å². The number of pyridine rings is 1. The van der Waals surface area contributed by atoms with Gasteiger partial charge in [0.1, 0.15) is 0 Å². The minimum Gasteiger partial charge on any atom is -0.376 e. The first-order valence-electron chi connectivity index (χ1n) is 6.81. The summed E-state index contributed by atoms with van der Waals surface area (Å²) in [4.78, 5) is 10.8. The minimum absolute atomic E-state index is 0.243. The highest BCUT2D eigenvalue weighted by Gasteiger charge is 2.25. The summed E-state index contributed by atoms with van der Waals surface area (Å²) in [6, 6.07) is 4.14. The van der Waals surface area contributed by atoms with Crippen LogP contribution in [0.4, 0.5) is 0 Å². The van der Waals surface area contributed by atoms with Gasteiger partial charge in [-0.15, -0.1) is 0 Å². The van der Waals surface area contributed by atoms with Crippen molar-refractivity contribution in [3.63, 3.8) is 0 Å². The summed E-state index contributed by atoms with van der Waals surface area (Å²) < 4.78 is 10.9. The van der Waals surface area contributed by atoms with Gasteiger partial charge in [-0.3, -0.25) is 9.88 Å². The molecule has 2 atom stereocenters. The largest absolute Gasteiger partial charge is 0.376 e. The minimum atomic E-state index is 0.243. The second kappa shape index (κ2) is 5.68. The zero-order valence-electron chi connectivity index (χ0n) is 11.7. The molecule has 6 nitrogen and oxygen atoms in total. The Balaban J connectivity index is 1.71. The van der Waals surface area contributed by atoms with E-state index < -0.39 is 0 Å². The highest BCUT2D eigenvalue weighted by molar-refractivity contribution is 5.51. The van der Waals surface area contributed by atoms with Crippen LogP contribution >= 0.6 is 0 Å². The molecule has 0 amide bonds. The van der Waals surface area contributed by atoms with Gasteiger partial charge in [0, 0.05) is 30.5 Å². The van der Waals surface area contributed by atoms with E-state index in [1.165, 1.54) is 0 Å². The summed E-state index contributed by atoms with van der Waals surface area (Å²) in [5, 5.41) is 4.01. The van der Waals surface area contributed by atoms with Crippen molar-refractivity contribution in [3.8, 4) is 11.4 Å². The van der Waals surface area contributed by atoms with Gasteiger partial charge >= 0.3 is 0 Å². The molecule has 1 aliphatic heterocycles. The molecule has 0 spiro atoms. The Labute approximate surface area is 117 Å². The van der Waals surface area contributed by atoms with Crippen LogP contribution in [0.3, 0.4) is 0 Å². The van der Waals surface area contributed by atoms with Crippen molar-refractivity contribution in [2.45, 2.75) is 32.5 Å². The Kier molecular flexibility index (Phi) is 3.75. The van der Waals surface area contributed by atoms with Crippen molar-refractivity contribution >= 4 is 0 Å². The summed E-state index contributed by atoms with van der Waals surface area (Å²) >= 11 is 0. The third-order valence-electron chi connectivity index (χ3n) is 3.46. The van der Waals surface area contributed by atoms with Crippen LogP contribution in [-0.2, 0) is 11.3 Å². The first kappa shape index (κ1) is 13.2. The number of rotatable bonds is 3. The summed E-state index contributed by atoms with van der Waals surface area (Å²) in [7, 11) is 0. The lowest BCUT2D eigenvalue weighted by Crippen LogP contribution is -2.46. The standard InChI is InChI=1S/C14H18N4O2/c1-10-9-19-11(2)7-18(10)8-13-16-14(17-20-13)12-4-3-5-15-6-12/h3-6,10-11H,7-9H2,1-2H3. The normalized spacial score (nSPS) is 23.9. The molecule has 1 aliphatic rings. The van der Waals surface area contributed by atoms with Crippen LogP contribution in [-0.4, -0.2) is 45.3 Å². The predicted octanol–water partition coefficient (Wildman–Crippen LogP) is 1.74. The maximum absolute atomic E-state index is 5.62. The highest BCUT2D eigenvalue weighted by atomic mass is 16.5. The Hall–Kier alpha value is -1.79. The third kappa shape index (κ3) is 2.86. The molecule has 1 saturated heterocycles. The third-order valence-corrected chi connectivity index (χ3v) is 3.46. The fraction of sp³-hybridized carbons (Fsp3) is 0.500. The van der Waals surface area contributed by atoms with E-state index in [-0.39, 0.29) is 6.10 Å². The van der Waals surface area contributed by atoms with Gasteiger partial charge in [0.2, 0.25) is 11.7 Å². The Morgan fingerprint density at radius 1 is 1.40 bits per heavy atom. The highest BCUT2D eigenvalue weighted by Crippen LogP contribution is 2.17. The van der Waals surface area contributed by atoms with Crippen LogP contribution in [0.25, 0.3) is 11.4 Å². The van der Waals surface area contributed by atoms with Crippen LogP contribution in [0.15, 0.2) is 29.0 Å². The van der Waals surface area contributed by atoms with E-state index in [0.29, 0.717) is 24.3 Å². The topological polar surface area (TPSA) is 64.3 Å². The molecular weight excluding hydrogens is 256 g/mol. The van der Waals surface area contributed by atoms with E-state index in [0.717, 1.165) is 18.7 Å². The second-order valence-electron chi connectivity index (χ2n) is 5.18. The molecule has 0 aliphatic carbocycles. The van der Waals surface area contributed by atoms with Crippen molar-refractivity contribution in [2.24, 2.45) is 0 Å². The first-order valence-corrected chi connectivity index (χ1v) is 6.81. The number of morpholine rings is 1. The van der Waals surface area contributed by atoms with Crippen molar-refractivity contribution in [3.05, 3.63) is 30.4 Å². The summed E-state index contributed by atoms with van der Waals surface area (Å²) in [5.41, 5.74) is 0.867. The van der Waals surface area contributed by atoms with Crippen LogP contribution in [0, 0.1) is 0 Å². The number of hydrogen-bond donors (Lipinski definition) is 0. The summed E-state index contributed by atoms with van der Waals surface area (Å²) in [6.07, 6.45) is 3.70. The van der Waals surface area contributed by atoms with Crippen molar-refractivity contribution in [1.29, 1.82) is 0 Å². The molecule has 0 aromatic carbocycles. The Bertz CT molecular complexity index is 557. The van der Waals surface area contributed by atoms with Gasteiger partial charge in [0.25, 0.3) is 0 Å². The lowest BCUT2D eigenvalue weighted by atomic mass is 10.2. The smallest absolute Gasteiger partial charge is 0.241 e. The maximum Gasteiger partial charge on any atom is 0.241 e. The molecule has 2 aromatic rings. The zero-order valence-corrected chi connectivity index (χ0v) is 11.7. The van der Waals surface area contributed by atoms with Crippen LogP contribution in [0.2, 0.25) is 0 Å². The SMILES string of the molecule is CC1CN(Cc2nc(-c3cccnc3)no2)C(C)CO1. The summed E-state index contributed by atoms with van der Waals surface area (Å²) in [5.74, 6) is 1.21. The molecule has 0 bridgehead atoms. The van der Waals surface area contributed by atoms with Gasteiger partial charge in [-0.25, -0.2) is 0 Å². The van der Waals surface area contributed by atoms with Gasteiger partial charge < -0.3 is 9.26 Å². The number of aromatic nitrogens is 3. The molecule has 3 heterocycles. The predicted molar refractivity (Wildman–Crippen MR) is 72.8 cm³/mol. The van der Waals surface area contributed by atoms with E-state index in [1.807, 2.05) is 12.1 Å². The van der Waals surface area contributed by atoms with E-state index in [4.69, 9.17) is 9.26 Å².